The maximum absolute atomic E-state index is 10.3. The maximum atomic E-state index is 10.3. The van der Waals surface area contributed by atoms with E-state index in [0.29, 0.717) is 57.4 Å². The molecule has 5 heteroatoms. The minimum Gasteiger partial charge on any atom is -0.457 e. The van der Waals surface area contributed by atoms with E-state index in [1.807, 2.05) is 59.2 Å². The number of para-hydroxylation sites is 4. The maximum Gasteiger partial charge on any atom is 0.137 e. The molecule has 1 aliphatic heterocycles. The van der Waals surface area contributed by atoms with Crippen LogP contribution in [-0.2, 0) is 28.1 Å². The van der Waals surface area contributed by atoms with Crippen LogP contribution >= 0.6 is 0 Å². The Balaban J connectivity index is 1.000. The van der Waals surface area contributed by atoms with Crippen molar-refractivity contribution in [3.8, 4) is 50.7 Å². The number of nitrogens with zero attached hydrogens (tertiary/aromatic N) is 4. The van der Waals surface area contributed by atoms with E-state index in [2.05, 4.69) is 185 Å². The first-order valence-electron chi connectivity index (χ1n) is 31.9. The lowest BCUT2D eigenvalue weighted by Gasteiger charge is -2.42. The van der Waals surface area contributed by atoms with Crippen molar-refractivity contribution in [2.24, 2.45) is 5.41 Å². The summed E-state index contributed by atoms with van der Waals surface area (Å²) in [5, 5.41) is 1.07. The van der Waals surface area contributed by atoms with Gasteiger partial charge in [0.05, 0.1) is 37.7 Å². The predicted octanol–water partition coefficient (Wildman–Crippen LogP) is 20.8. The molecule has 8 aromatic carbocycles. The van der Waals surface area contributed by atoms with Crippen molar-refractivity contribution in [2.75, 3.05) is 16.5 Å². The zero-order chi connectivity index (χ0) is 62.2. The van der Waals surface area contributed by atoms with Crippen LogP contribution in [0, 0.1) is 5.41 Å². The first-order chi connectivity index (χ1) is 40.9. The second-order valence-corrected chi connectivity index (χ2v) is 26.9. The van der Waals surface area contributed by atoms with Crippen LogP contribution in [0.5, 0.6) is 11.5 Å². The molecule has 3 heterocycles. The summed E-state index contributed by atoms with van der Waals surface area (Å²) in [4.78, 5) is 9.40. The van der Waals surface area contributed by atoms with Crippen molar-refractivity contribution in [1.29, 1.82) is 0 Å². The number of rotatable bonds is 9. The lowest BCUT2D eigenvalue weighted by atomic mass is 9.63. The number of anilines is 4. The van der Waals surface area contributed by atoms with Crippen molar-refractivity contribution in [3.63, 3.8) is 0 Å². The molecule has 5 nitrogen and oxygen atoms in total. The average Bonchev–Trinajstić information content (AvgIpc) is 1.63. The number of benzene rings is 8. The Bertz CT molecular complexity index is 4420. The summed E-state index contributed by atoms with van der Waals surface area (Å²) in [6.45, 7) is 29.1. The average molecular weight is 1060 g/mol. The molecule has 1 aliphatic carbocycles. The molecule has 12 rings (SSSR count). The molecular weight excluding hydrogens is 973 g/mol. The minimum atomic E-state index is -0.390. The topological polar surface area (TPSA) is 33.5 Å². The molecule has 404 valence electrons. The molecule has 0 atom stereocenters. The van der Waals surface area contributed by atoms with Crippen molar-refractivity contribution in [2.45, 2.75) is 131 Å². The second-order valence-electron chi connectivity index (χ2n) is 26.9. The lowest BCUT2D eigenvalue weighted by Crippen LogP contribution is -2.33. The Morgan fingerprint density at radius 2 is 1.23 bits per heavy atom. The third-order valence-corrected chi connectivity index (χ3v) is 16.6. The molecule has 0 bridgehead atoms. The van der Waals surface area contributed by atoms with Gasteiger partial charge in [0.25, 0.3) is 0 Å². The van der Waals surface area contributed by atoms with E-state index in [1.54, 1.807) is 6.20 Å². The van der Waals surface area contributed by atoms with Gasteiger partial charge in [-0.05, 0) is 157 Å². The Kier molecular flexibility index (Phi) is 10.9. The van der Waals surface area contributed by atoms with Crippen molar-refractivity contribution in [3.05, 3.63) is 216 Å². The van der Waals surface area contributed by atoms with Gasteiger partial charge in [-0.3, -0.25) is 4.57 Å². The van der Waals surface area contributed by atoms with Crippen LogP contribution in [0.15, 0.2) is 188 Å². The fraction of sp³-hybridized carbons (Fsp3) is 0.293. The van der Waals surface area contributed by atoms with Crippen LogP contribution in [0.4, 0.5) is 22.7 Å². The fourth-order valence-electron chi connectivity index (χ4n) is 12.2. The summed E-state index contributed by atoms with van der Waals surface area (Å²) >= 11 is 0. The Morgan fingerprint density at radius 1 is 0.550 bits per heavy atom. The number of pyridine rings is 1. The Hall–Kier alpha value is -7.89. The number of hydrogen-bond acceptors (Lipinski definition) is 4. The lowest BCUT2D eigenvalue weighted by molar-refractivity contribution is 0.332. The first-order valence-corrected chi connectivity index (χ1v) is 28.4. The van der Waals surface area contributed by atoms with Crippen molar-refractivity contribution >= 4 is 44.6 Å². The standard InChI is InChI=1S/C75H78N4O/c1-71(2,3)47-49-38-41-76-69(42-49)79-65-25-15-14-22-60(65)61-36-34-56(46-68(61)79)80-55-21-18-20-54(45-55)77-48-78(67-27-17-16-26-66(67)77)70-58(23-19-24-59(70)52-31-37-62-64(44-52)75(12,13)40-39-74(62,10)11)51-30-35-57(63(43-51)73(7,8)9)50-28-32-53(33-29-50)72(4,5)6/h14-38,41-46H,39-40,47-48H2,1-13H3/i14D,15D,22D,25D,31D,37D,44D. The molecule has 2 aromatic heterocycles. The van der Waals surface area contributed by atoms with Crippen LogP contribution in [0.25, 0.3) is 61.0 Å². The highest BCUT2D eigenvalue weighted by molar-refractivity contribution is 6.09. The van der Waals surface area contributed by atoms with E-state index in [0.717, 1.165) is 81.0 Å². The van der Waals surface area contributed by atoms with Gasteiger partial charge in [0.1, 0.15) is 24.0 Å². The van der Waals surface area contributed by atoms with E-state index in [-0.39, 0.29) is 63.3 Å². The predicted molar refractivity (Wildman–Crippen MR) is 339 cm³/mol. The van der Waals surface area contributed by atoms with Crippen LogP contribution < -0.4 is 14.5 Å². The van der Waals surface area contributed by atoms with Gasteiger partial charge in [0.15, 0.2) is 0 Å². The summed E-state index contributed by atoms with van der Waals surface area (Å²) in [6.07, 6.45) is 4.28. The van der Waals surface area contributed by atoms with Gasteiger partial charge in [-0.2, -0.15) is 0 Å². The van der Waals surface area contributed by atoms with Crippen LogP contribution in [0.1, 0.15) is 140 Å². The molecular formula is C75H78N4O. The third kappa shape index (κ3) is 9.77. The Morgan fingerprint density at radius 3 is 1.95 bits per heavy atom. The molecule has 0 saturated carbocycles. The van der Waals surface area contributed by atoms with Gasteiger partial charge in [-0.1, -0.05) is 199 Å². The molecule has 0 saturated heterocycles. The first kappa shape index (κ1) is 44.9. The van der Waals surface area contributed by atoms with Crippen LogP contribution in [-0.4, -0.2) is 16.2 Å². The van der Waals surface area contributed by atoms with Gasteiger partial charge >= 0.3 is 0 Å². The summed E-state index contributed by atoms with van der Waals surface area (Å²) in [5.41, 5.74) is 14.3. The van der Waals surface area contributed by atoms with Gasteiger partial charge in [0.2, 0.25) is 0 Å². The van der Waals surface area contributed by atoms with Crippen molar-refractivity contribution in [1.82, 2.24) is 9.55 Å². The smallest absolute Gasteiger partial charge is 0.137 e. The molecule has 80 heavy (non-hydrogen) atoms. The normalized spacial score (nSPS) is 16.3. The number of hydrogen-bond donors (Lipinski definition) is 0. The molecule has 0 N–H and O–H groups in total. The second kappa shape index (κ2) is 19.4. The van der Waals surface area contributed by atoms with E-state index >= 15 is 0 Å². The SMILES string of the molecule is [2H]c1c([2H])c2c(c([2H])c1-c1cccc(-c3ccc(-c4ccc(C(C)(C)C)cc4)c(C(C)(C)C)c3)c1N1CN(c3cccc(Oc4ccc5c6c([2H])c([2H])c([2H])c([2H])c6n(-c6cc(CC(C)(C)C)ccn6)c5c4)c3)c3ccccc31)C(C)(C)CCC2(C)C. The molecule has 2 aliphatic rings. The molecule has 0 radical (unpaired) electrons. The summed E-state index contributed by atoms with van der Waals surface area (Å²) in [7, 11) is 0. The van der Waals surface area contributed by atoms with Crippen LogP contribution in [0.2, 0.25) is 0 Å². The molecule has 0 fully saturated rings. The fourth-order valence-corrected chi connectivity index (χ4v) is 12.2. The van der Waals surface area contributed by atoms with E-state index < -0.39 is 0 Å². The third-order valence-electron chi connectivity index (χ3n) is 16.6. The number of aromatic nitrogens is 2. The van der Waals surface area contributed by atoms with E-state index in [4.69, 9.17) is 13.8 Å². The zero-order valence-electron chi connectivity index (χ0n) is 55.9. The van der Waals surface area contributed by atoms with Gasteiger partial charge in [-0.25, -0.2) is 4.98 Å². The highest BCUT2D eigenvalue weighted by Crippen LogP contribution is 2.53. The van der Waals surface area contributed by atoms with Gasteiger partial charge < -0.3 is 14.5 Å². The number of fused-ring (bicyclic) bond motifs is 5. The highest BCUT2D eigenvalue weighted by Gasteiger charge is 2.38. The summed E-state index contributed by atoms with van der Waals surface area (Å²) in [5.74, 6) is 1.63. The summed E-state index contributed by atoms with van der Waals surface area (Å²) in [6, 6.07) is 47.8. The summed E-state index contributed by atoms with van der Waals surface area (Å²) < 4.78 is 74.5. The molecule has 0 unspecified atom stereocenters. The van der Waals surface area contributed by atoms with E-state index in [9.17, 15) is 5.48 Å². The van der Waals surface area contributed by atoms with Crippen LogP contribution in [0.3, 0.4) is 0 Å². The molecule has 0 amide bonds. The largest absolute Gasteiger partial charge is 0.457 e. The van der Waals surface area contributed by atoms with Crippen molar-refractivity contribution < 1.29 is 14.3 Å². The Labute approximate surface area is 485 Å². The molecule has 10 aromatic rings. The minimum absolute atomic E-state index is 0.00601. The monoisotopic (exact) mass is 1060 g/mol. The van der Waals surface area contributed by atoms with Gasteiger partial charge in [-0.15, -0.1) is 0 Å². The van der Waals surface area contributed by atoms with Gasteiger partial charge in [0, 0.05) is 45.9 Å². The zero-order valence-corrected chi connectivity index (χ0v) is 48.9. The molecule has 0 spiro atoms. The van der Waals surface area contributed by atoms with E-state index in [1.165, 1.54) is 16.7 Å². The number of ether oxygens (including phenoxy) is 1. The quantitative estimate of drug-likeness (QED) is 0.144. The highest BCUT2D eigenvalue weighted by atomic mass is 16.5.